The van der Waals surface area contributed by atoms with E-state index in [1.54, 1.807) is 0 Å². The maximum atomic E-state index is 12.8. The van der Waals surface area contributed by atoms with E-state index < -0.39 is 11.6 Å². The van der Waals surface area contributed by atoms with Gasteiger partial charge in [-0.3, -0.25) is 9.78 Å². The first kappa shape index (κ1) is 17.6. The number of aromatic nitrogens is 1. The summed E-state index contributed by atoms with van der Waals surface area (Å²) >= 11 is 0. The second-order valence-electron chi connectivity index (χ2n) is 6.79. The maximum Gasteiger partial charge on any atom is 0.225 e. The molecular formula is C20H25N3O2. The summed E-state index contributed by atoms with van der Waals surface area (Å²) in [5.74, 6) is -0.0881. The Morgan fingerprint density at radius 2 is 1.96 bits per heavy atom. The molecule has 1 aromatic heterocycles. The Hall–Kier alpha value is -2.24. The molecule has 2 heterocycles. The fourth-order valence-corrected chi connectivity index (χ4v) is 3.66. The summed E-state index contributed by atoms with van der Waals surface area (Å²) in [6.07, 6.45) is 0.255. The van der Waals surface area contributed by atoms with Crippen LogP contribution in [0.15, 0.2) is 42.5 Å². The highest BCUT2D eigenvalue weighted by Gasteiger charge is 2.42. The van der Waals surface area contributed by atoms with Crippen molar-refractivity contribution in [3.05, 3.63) is 65.0 Å². The molecule has 0 bridgehead atoms. The predicted molar refractivity (Wildman–Crippen MR) is 97.2 cm³/mol. The zero-order chi connectivity index (χ0) is 17.9. The molecule has 0 spiro atoms. The molecule has 3 N–H and O–H groups in total. The van der Waals surface area contributed by atoms with Crippen LogP contribution < -0.4 is 10.6 Å². The van der Waals surface area contributed by atoms with Crippen molar-refractivity contribution in [3.8, 4) is 0 Å². The Morgan fingerprint density at radius 1 is 1.28 bits per heavy atom. The number of pyridine rings is 1. The third-order valence-corrected chi connectivity index (χ3v) is 4.76. The topological polar surface area (TPSA) is 74.2 Å². The molecule has 0 saturated carbocycles. The molecular weight excluding hydrogens is 314 g/mol. The largest absolute Gasteiger partial charge is 0.389 e. The van der Waals surface area contributed by atoms with E-state index in [1.165, 1.54) is 0 Å². The van der Waals surface area contributed by atoms with E-state index in [2.05, 4.69) is 15.6 Å². The molecule has 0 unspecified atom stereocenters. The summed E-state index contributed by atoms with van der Waals surface area (Å²) < 4.78 is 0. The number of aliphatic hydroxyl groups excluding tert-OH is 1. The van der Waals surface area contributed by atoms with Crippen LogP contribution in [0.3, 0.4) is 0 Å². The molecule has 132 valence electrons. The van der Waals surface area contributed by atoms with E-state index in [0.29, 0.717) is 13.0 Å². The van der Waals surface area contributed by atoms with E-state index in [1.807, 2.05) is 56.3 Å². The van der Waals surface area contributed by atoms with Crippen LogP contribution in [-0.2, 0) is 16.8 Å². The van der Waals surface area contributed by atoms with Gasteiger partial charge in [0, 0.05) is 17.9 Å². The van der Waals surface area contributed by atoms with Gasteiger partial charge in [-0.25, -0.2) is 0 Å². The standard InChI is InChI=1S/C20H25N3O2/c1-14-10-16(11-15(2)22-14)12-19(25)23-20(8-9-21-13-18(20)24)17-6-4-3-5-7-17/h3-7,10-11,18,21,24H,8-9,12-13H2,1-2H3,(H,23,25)/t18-,20-/m1/s1. The summed E-state index contributed by atoms with van der Waals surface area (Å²) in [6.45, 7) is 5.06. The van der Waals surface area contributed by atoms with Crippen molar-refractivity contribution in [1.82, 2.24) is 15.6 Å². The van der Waals surface area contributed by atoms with Gasteiger partial charge in [-0.05, 0) is 50.1 Å². The number of amides is 1. The summed E-state index contributed by atoms with van der Waals surface area (Å²) in [5.41, 5.74) is 2.94. The van der Waals surface area contributed by atoms with Gasteiger partial charge >= 0.3 is 0 Å². The van der Waals surface area contributed by atoms with E-state index >= 15 is 0 Å². The maximum absolute atomic E-state index is 12.8. The van der Waals surface area contributed by atoms with Gasteiger partial charge in [-0.1, -0.05) is 30.3 Å². The first-order valence-electron chi connectivity index (χ1n) is 8.69. The zero-order valence-electron chi connectivity index (χ0n) is 14.7. The van der Waals surface area contributed by atoms with Crippen molar-refractivity contribution in [1.29, 1.82) is 0 Å². The fourth-order valence-electron chi connectivity index (χ4n) is 3.66. The van der Waals surface area contributed by atoms with E-state index in [4.69, 9.17) is 0 Å². The molecule has 1 aliphatic rings. The Labute approximate surface area is 148 Å². The van der Waals surface area contributed by atoms with Gasteiger partial charge < -0.3 is 15.7 Å². The van der Waals surface area contributed by atoms with Crippen LogP contribution in [0.1, 0.15) is 28.9 Å². The number of carbonyl (C=O) groups excluding carboxylic acids is 1. The van der Waals surface area contributed by atoms with Gasteiger partial charge in [0.15, 0.2) is 0 Å². The van der Waals surface area contributed by atoms with Crippen molar-refractivity contribution < 1.29 is 9.90 Å². The number of nitrogens with zero attached hydrogens (tertiary/aromatic N) is 1. The monoisotopic (exact) mass is 339 g/mol. The number of aliphatic hydroxyl groups is 1. The lowest BCUT2D eigenvalue weighted by atomic mass is 9.79. The number of benzene rings is 1. The van der Waals surface area contributed by atoms with Gasteiger partial charge in [0.05, 0.1) is 18.1 Å². The zero-order valence-corrected chi connectivity index (χ0v) is 14.7. The number of carbonyl (C=O) groups is 1. The molecule has 2 atom stereocenters. The molecule has 2 aromatic rings. The molecule has 5 nitrogen and oxygen atoms in total. The van der Waals surface area contributed by atoms with Crippen molar-refractivity contribution in [3.63, 3.8) is 0 Å². The van der Waals surface area contributed by atoms with E-state index in [0.717, 1.165) is 29.1 Å². The van der Waals surface area contributed by atoms with E-state index in [9.17, 15) is 9.90 Å². The number of rotatable bonds is 4. The van der Waals surface area contributed by atoms with Crippen molar-refractivity contribution in [2.75, 3.05) is 13.1 Å². The molecule has 25 heavy (non-hydrogen) atoms. The van der Waals surface area contributed by atoms with Gasteiger partial charge in [-0.2, -0.15) is 0 Å². The SMILES string of the molecule is Cc1cc(CC(=O)N[C@@]2(c3ccccc3)CCNC[C@H]2O)cc(C)n1. The second-order valence-corrected chi connectivity index (χ2v) is 6.79. The number of aryl methyl sites for hydroxylation is 2. The van der Waals surface area contributed by atoms with Crippen LogP contribution >= 0.6 is 0 Å². The first-order chi connectivity index (χ1) is 12.0. The number of hydrogen-bond acceptors (Lipinski definition) is 4. The minimum atomic E-state index is -0.749. The van der Waals surface area contributed by atoms with Crippen LogP contribution in [-0.4, -0.2) is 35.2 Å². The lowest BCUT2D eigenvalue weighted by Gasteiger charge is -2.43. The quantitative estimate of drug-likeness (QED) is 0.791. The summed E-state index contributed by atoms with van der Waals surface area (Å²) in [5, 5.41) is 17.0. The molecule has 0 radical (unpaired) electrons. The van der Waals surface area contributed by atoms with Crippen LogP contribution in [0, 0.1) is 13.8 Å². The fraction of sp³-hybridized carbons (Fsp3) is 0.400. The minimum absolute atomic E-state index is 0.0881. The third kappa shape index (κ3) is 3.89. The molecule has 1 aliphatic heterocycles. The van der Waals surface area contributed by atoms with Crippen molar-refractivity contribution >= 4 is 5.91 Å². The molecule has 0 aliphatic carbocycles. The van der Waals surface area contributed by atoms with Gasteiger partial charge in [0.1, 0.15) is 0 Å². The van der Waals surface area contributed by atoms with Crippen molar-refractivity contribution in [2.24, 2.45) is 0 Å². The number of nitrogens with one attached hydrogen (secondary N) is 2. The van der Waals surface area contributed by atoms with Crippen LogP contribution in [0.25, 0.3) is 0 Å². The number of β-amino-alcohol motifs (C(OH)–C–C–N with tert-alkyl or cyclic N) is 1. The number of piperidine rings is 1. The molecule has 1 aromatic carbocycles. The Morgan fingerprint density at radius 3 is 2.60 bits per heavy atom. The normalized spacial score (nSPS) is 23.2. The van der Waals surface area contributed by atoms with Gasteiger partial charge in [0.2, 0.25) is 5.91 Å². The Kier molecular flexibility index (Phi) is 5.16. The van der Waals surface area contributed by atoms with Gasteiger partial charge in [-0.15, -0.1) is 0 Å². The van der Waals surface area contributed by atoms with Crippen LogP contribution in [0.5, 0.6) is 0 Å². The molecule has 1 amide bonds. The molecule has 3 rings (SSSR count). The molecule has 1 fully saturated rings. The van der Waals surface area contributed by atoms with E-state index in [-0.39, 0.29) is 12.3 Å². The highest BCUT2D eigenvalue weighted by molar-refractivity contribution is 5.79. The van der Waals surface area contributed by atoms with Crippen molar-refractivity contribution in [2.45, 2.75) is 38.3 Å². The highest BCUT2D eigenvalue weighted by atomic mass is 16.3. The summed E-state index contributed by atoms with van der Waals surface area (Å²) in [4.78, 5) is 17.1. The first-order valence-corrected chi connectivity index (χ1v) is 8.69. The van der Waals surface area contributed by atoms with Gasteiger partial charge in [0.25, 0.3) is 0 Å². The number of hydrogen-bond donors (Lipinski definition) is 3. The average Bonchev–Trinajstić information content (AvgIpc) is 2.57. The predicted octanol–water partition coefficient (Wildman–Crippen LogP) is 1.61. The molecule has 5 heteroatoms. The lowest BCUT2D eigenvalue weighted by molar-refractivity contribution is -0.125. The Balaban J connectivity index is 1.84. The third-order valence-electron chi connectivity index (χ3n) is 4.76. The van der Waals surface area contributed by atoms with Crippen LogP contribution in [0.2, 0.25) is 0 Å². The molecule has 1 saturated heterocycles. The lowest BCUT2D eigenvalue weighted by Crippen LogP contribution is -2.61. The summed E-state index contributed by atoms with van der Waals surface area (Å²) in [7, 11) is 0. The highest BCUT2D eigenvalue weighted by Crippen LogP contribution is 2.31. The minimum Gasteiger partial charge on any atom is -0.389 e. The Bertz CT molecular complexity index is 728. The second kappa shape index (κ2) is 7.33. The van der Waals surface area contributed by atoms with Crippen LogP contribution in [0.4, 0.5) is 0 Å². The average molecular weight is 339 g/mol. The smallest absolute Gasteiger partial charge is 0.225 e. The summed E-state index contributed by atoms with van der Waals surface area (Å²) in [6, 6.07) is 13.6.